The van der Waals surface area contributed by atoms with Crippen LogP contribution in [0.5, 0.6) is 0 Å². The molecule has 4 aliphatic heterocycles. The van der Waals surface area contributed by atoms with Crippen LogP contribution in [0.3, 0.4) is 0 Å². The van der Waals surface area contributed by atoms with Crippen molar-refractivity contribution in [3.05, 3.63) is 58.1 Å². The van der Waals surface area contributed by atoms with Crippen LogP contribution in [0.2, 0.25) is 0 Å². The first-order chi connectivity index (χ1) is 15.8. The Morgan fingerprint density at radius 3 is 2.61 bits per heavy atom. The van der Waals surface area contributed by atoms with Crippen molar-refractivity contribution >= 4 is 41.5 Å². The van der Waals surface area contributed by atoms with E-state index < -0.39 is 29.7 Å². The summed E-state index contributed by atoms with van der Waals surface area (Å²) in [4.78, 5) is 80.3. The van der Waals surface area contributed by atoms with E-state index in [2.05, 4.69) is 10.3 Å². The van der Waals surface area contributed by atoms with E-state index in [0.717, 1.165) is 10.5 Å². The highest BCUT2D eigenvalue weighted by molar-refractivity contribution is 6.24. The zero-order chi connectivity index (χ0) is 23.4. The van der Waals surface area contributed by atoms with Crippen LogP contribution in [0.4, 0.5) is 0 Å². The summed E-state index contributed by atoms with van der Waals surface area (Å²) >= 11 is 0. The Labute approximate surface area is 187 Å². The lowest BCUT2D eigenvalue weighted by molar-refractivity contribution is -0.136. The number of nitrogens with zero attached hydrogens (tertiary/aromatic N) is 3. The Hall–Kier alpha value is -4.21. The molecule has 166 valence electrons. The molecule has 4 aliphatic rings. The molecule has 2 bridgehead atoms. The molecule has 1 N–H and O–H groups in total. The van der Waals surface area contributed by atoms with Gasteiger partial charge in [-0.2, -0.15) is 0 Å². The monoisotopic (exact) mass is 446 g/mol. The maximum absolute atomic E-state index is 13.3. The van der Waals surface area contributed by atoms with E-state index in [1.54, 1.807) is 24.4 Å². The van der Waals surface area contributed by atoms with Gasteiger partial charge < -0.3 is 0 Å². The van der Waals surface area contributed by atoms with Crippen molar-refractivity contribution < 1.29 is 28.8 Å². The first-order valence-electron chi connectivity index (χ1n) is 10.4. The minimum absolute atomic E-state index is 0.0448. The molecule has 33 heavy (non-hydrogen) atoms. The van der Waals surface area contributed by atoms with Gasteiger partial charge in [0, 0.05) is 24.6 Å². The van der Waals surface area contributed by atoms with Crippen molar-refractivity contribution in [2.45, 2.75) is 38.6 Å². The molecule has 0 spiro atoms. The predicted octanol–water partition coefficient (Wildman–Crippen LogP) is 0.631. The molecule has 5 rings (SSSR count). The van der Waals surface area contributed by atoms with Crippen molar-refractivity contribution in [3.63, 3.8) is 0 Å². The van der Waals surface area contributed by atoms with Gasteiger partial charge in [0.25, 0.3) is 11.8 Å². The van der Waals surface area contributed by atoms with Crippen LogP contribution in [0.15, 0.2) is 46.4 Å². The van der Waals surface area contributed by atoms with E-state index in [9.17, 15) is 28.8 Å². The average molecular weight is 446 g/mol. The molecule has 1 saturated heterocycles. The number of fused-ring (bicyclic) bond motifs is 3. The Bertz CT molecular complexity index is 1290. The topological polar surface area (TPSA) is 133 Å². The highest BCUT2D eigenvalue weighted by atomic mass is 16.2. The number of benzene rings is 1. The van der Waals surface area contributed by atoms with Gasteiger partial charge in [-0.25, -0.2) is 4.99 Å². The van der Waals surface area contributed by atoms with Gasteiger partial charge in [-0.1, -0.05) is 12.1 Å². The Morgan fingerprint density at radius 2 is 1.94 bits per heavy atom. The molecule has 1 fully saturated rings. The van der Waals surface area contributed by atoms with E-state index >= 15 is 0 Å². The van der Waals surface area contributed by atoms with Crippen molar-refractivity contribution in [3.8, 4) is 0 Å². The van der Waals surface area contributed by atoms with E-state index in [1.165, 1.54) is 17.9 Å². The summed E-state index contributed by atoms with van der Waals surface area (Å²) in [7, 11) is 0. The molecule has 0 aromatic heterocycles. The number of rotatable bonds is 5. The SMILES string of the molecule is CC(=O)CC(=O)N1c2ccnc1c2Cc1cccc2c1C(=O)N(C1CCC(=O)NC1=O)C2=O. The number of hydrogen-bond acceptors (Lipinski definition) is 7. The number of carbonyl (C=O) groups is 6. The maximum atomic E-state index is 13.3. The van der Waals surface area contributed by atoms with Gasteiger partial charge >= 0.3 is 0 Å². The lowest BCUT2D eigenvalue weighted by Gasteiger charge is -2.39. The number of piperidine rings is 1. The van der Waals surface area contributed by atoms with Gasteiger partial charge in [-0.05, 0) is 31.1 Å². The zero-order valence-electron chi connectivity index (χ0n) is 17.6. The van der Waals surface area contributed by atoms with Gasteiger partial charge in [-0.15, -0.1) is 0 Å². The molecule has 4 heterocycles. The van der Waals surface area contributed by atoms with Crippen LogP contribution in [-0.4, -0.2) is 57.4 Å². The molecule has 1 atom stereocenters. The highest BCUT2D eigenvalue weighted by Gasteiger charge is 2.46. The van der Waals surface area contributed by atoms with E-state index in [-0.39, 0.29) is 48.5 Å². The number of amides is 5. The van der Waals surface area contributed by atoms with E-state index in [0.29, 0.717) is 17.1 Å². The van der Waals surface area contributed by atoms with E-state index in [4.69, 9.17) is 0 Å². The molecule has 10 nitrogen and oxygen atoms in total. The number of hydrogen-bond donors (Lipinski definition) is 1. The molecule has 0 saturated carbocycles. The minimum Gasteiger partial charge on any atom is -0.299 e. The Morgan fingerprint density at radius 1 is 1.15 bits per heavy atom. The fraction of sp³-hybridized carbons (Fsp3) is 0.261. The number of carbonyl (C=O) groups excluding carboxylic acids is 6. The van der Waals surface area contributed by atoms with Crippen molar-refractivity contribution in [1.29, 1.82) is 0 Å². The summed E-state index contributed by atoms with van der Waals surface area (Å²) in [5.41, 5.74) is 2.29. The zero-order valence-corrected chi connectivity index (χ0v) is 17.6. The van der Waals surface area contributed by atoms with Gasteiger partial charge in [0.15, 0.2) is 0 Å². The van der Waals surface area contributed by atoms with Crippen LogP contribution < -0.4 is 5.32 Å². The highest BCUT2D eigenvalue weighted by Crippen LogP contribution is 2.41. The molecule has 0 aliphatic carbocycles. The van der Waals surface area contributed by atoms with Crippen molar-refractivity contribution in [1.82, 2.24) is 15.1 Å². The van der Waals surface area contributed by atoms with Crippen LogP contribution in [0.1, 0.15) is 52.5 Å². The summed E-state index contributed by atoms with van der Waals surface area (Å²) in [6.45, 7) is 1.34. The largest absolute Gasteiger partial charge is 0.299 e. The molecule has 5 amide bonds. The molecule has 10 heteroatoms. The number of allylic oxidation sites excluding steroid dienone is 2. The van der Waals surface area contributed by atoms with Crippen LogP contribution in [0.25, 0.3) is 0 Å². The van der Waals surface area contributed by atoms with Gasteiger partial charge in [0.1, 0.15) is 17.6 Å². The molecular weight excluding hydrogens is 428 g/mol. The summed E-state index contributed by atoms with van der Waals surface area (Å²) < 4.78 is 0. The number of nitrogens with one attached hydrogen (secondary N) is 1. The fourth-order valence-electron chi connectivity index (χ4n) is 4.57. The third-order valence-electron chi connectivity index (χ3n) is 6.03. The summed E-state index contributed by atoms with van der Waals surface area (Å²) in [5.74, 6) is -2.48. The van der Waals surface area contributed by atoms with Crippen molar-refractivity contribution in [2.75, 3.05) is 0 Å². The van der Waals surface area contributed by atoms with E-state index in [1.807, 2.05) is 0 Å². The fourth-order valence-corrected chi connectivity index (χ4v) is 4.57. The first kappa shape index (κ1) is 20.7. The normalized spacial score (nSPS) is 21.1. The van der Waals surface area contributed by atoms with Gasteiger partial charge in [0.2, 0.25) is 17.7 Å². The van der Waals surface area contributed by atoms with Crippen molar-refractivity contribution in [2.24, 2.45) is 4.99 Å². The quantitative estimate of drug-likeness (QED) is 0.521. The molecular formula is C23H18N4O6. The second-order valence-corrected chi connectivity index (χ2v) is 8.20. The second-order valence-electron chi connectivity index (χ2n) is 8.20. The maximum Gasteiger partial charge on any atom is 0.262 e. The Balaban J connectivity index is 1.45. The number of ketones is 1. The Kier molecular flexibility index (Phi) is 4.66. The lowest BCUT2D eigenvalue weighted by atomic mass is 9.90. The molecule has 1 unspecified atom stereocenters. The summed E-state index contributed by atoms with van der Waals surface area (Å²) in [6.07, 6.45) is 3.34. The first-order valence-corrected chi connectivity index (χ1v) is 10.4. The minimum atomic E-state index is -1.04. The predicted molar refractivity (Wildman–Crippen MR) is 113 cm³/mol. The third-order valence-corrected chi connectivity index (χ3v) is 6.03. The van der Waals surface area contributed by atoms with Crippen LogP contribution in [-0.2, 0) is 25.6 Å². The standard InChI is InChI=1S/C23H18N4O6/c1-11(28)9-18(30)26-15-7-8-24-20(26)14(15)10-12-3-2-4-13-19(12)23(33)27(22(13)32)16-5-6-17(29)25-21(16)31/h2-4,7-8,16H,5-6,9-10H2,1H3,(H,25,29,31). The number of aliphatic imine (C=N–C) groups is 1. The van der Waals surface area contributed by atoms with Crippen LogP contribution in [0, 0.1) is 0 Å². The summed E-state index contributed by atoms with van der Waals surface area (Å²) in [5, 5.41) is 2.18. The molecule has 0 radical (unpaired) electrons. The lowest BCUT2D eigenvalue weighted by Crippen LogP contribution is -2.54. The number of imide groups is 2. The smallest absolute Gasteiger partial charge is 0.262 e. The third kappa shape index (κ3) is 3.13. The average Bonchev–Trinajstić information content (AvgIpc) is 3.02. The molecule has 1 aromatic rings. The molecule has 1 aromatic carbocycles. The summed E-state index contributed by atoms with van der Waals surface area (Å²) in [6, 6.07) is 3.86. The number of Topliss-reactive ketones (excluding diaryl/α,β-unsaturated/α-hetero) is 1. The van der Waals surface area contributed by atoms with Crippen LogP contribution >= 0.6 is 0 Å². The van der Waals surface area contributed by atoms with Gasteiger partial charge in [-0.3, -0.25) is 43.9 Å². The van der Waals surface area contributed by atoms with Gasteiger partial charge in [0.05, 0.1) is 23.2 Å². The second kappa shape index (κ2) is 7.44.